The lowest BCUT2D eigenvalue weighted by molar-refractivity contribution is 0.525. The molecule has 4 nitrogen and oxygen atoms in total. The van der Waals surface area contributed by atoms with Crippen molar-refractivity contribution in [1.29, 1.82) is 0 Å². The van der Waals surface area contributed by atoms with Crippen LogP contribution in [-0.4, -0.2) is 20.3 Å². The Morgan fingerprint density at radius 2 is 2.06 bits per heavy atom. The number of hydrogen-bond donors (Lipinski definition) is 1. The van der Waals surface area contributed by atoms with Crippen LogP contribution in [-0.2, 0) is 6.54 Å². The molecule has 0 radical (unpaired) electrons. The maximum Gasteiger partial charge on any atom is 0.152 e. The van der Waals surface area contributed by atoms with Gasteiger partial charge < -0.3 is 5.32 Å². The Kier molecular flexibility index (Phi) is 3.38. The summed E-state index contributed by atoms with van der Waals surface area (Å²) in [6.45, 7) is -0.000699. The highest BCUT2D eigenvalue weighted by Gasteiger charge is 2.10. The van der Waals surface area contributed by atoms with Crippen LogP contribution < -0.4 is 5.32 Å². The summed E-state index contributed by atoms with van der Waals surface area (Å²) in [5.74, 6) is -0.857. The van der Waals surface area contributed by atoms with Crippen LogP contribution in [0, 0.1) is 11.6 Å². The fourth-order valence-electron chi connectivity index (χ4n) is 1.34. The third-order valence-electron chi connectivity index (χ3n) is 2.12. The SMILES string of the molecule is Fc1cncc(F)c1Cn1ccc(NC=S)n1. The molecule has 0 aliphatic rings. The summed E-state index contributed by atoms with van der Waals surface area (Å²) in [4.78, 5) is 3.41. The predicted octanol–water partition coefficient (Wildman–Crippen LogP) is 1.97. The second-order valence-electron chi connectivity index (χ2n) is 3.24. The van der Waals surface area contributed by atoms with E-state index in [1.807, 2.05) is 0 Å². The van der Waals surface area contributed by atoms with Gasteiger partial charge in [-0.05, 0) is 0 Å². The van der Waals surface area contributed by atoms with Crippen LogP contribution >= 0.6 is 12.2 Å². The number of halogens is 2. The van der Waals surface area contributed by atoms with Crippen LogP contribution in [0.25, 0.3) is 0 Å². The molecule has 0 atom stereocenters. The molecule has 2 aromatic rings. The maximum absolute atomic E-state index is 13.3. The third kappa shape index (κ3) is 2.62. The first-order chi connectivity index (χ1) is 8.20. The molecular weight excluding hydrogens is 246 g/mol. The largest absolute Gasteiger partial charge is 0.336 e. The minimum Gasteiger partial charge on any atom is -0.336 e. The summed E-state index contributed by atoms with van der Waals surface area (Å²) >= 11 is 4.60. The number of aromatic nitrogens is 3. The molecule has 0 bridgehead atoms. The summed E-state index contributed by atoms with van der Waals surface area (Å²) in [5.41, 5.74) is 1.23. The van der Waals surface area contributed by atoms with Gasteiger partial charge in [-0.1, -0.05) is 12.2 Å². The first-order valence-electron chi connectivity index (χ1n) is 4.72. The predicted molar refractivity (Wildman–Crippen MR) is 62.8 cm³/mol. The normalized spacial score (nSPS) is 10.2. The first kappa shape index (κ1) is 11.6. The number of thiocarbonyl (C=S) groups is 1. The molecule has 0 aromatic carbocycles. The van der Waals surface area contributed by atoms with Crippen LogP contribution in [0.1, 0.15) is 5.56 Å². The van der Waals surface area contributed by atoms with E-state index in [9.17, 15) is 8.78 Å². The van der Waals surface area contributed by atoms with E-state index in [0.717, 1.165) is 12.4 Å². The monoisotopic (exact) mass is 254 g/mol. The number of hydrogen-bond acceptors (Lipinski definition) is 3. The van der Waals surface area contributed by atoms with Crippen molar-refractivity contribution in [3.05, 3.63) is 41.9 Å². The highest BCUT2D eigenvalue weighted by Crippen LogP contribution is 2.12. The Labute approximate surface area is 101 Å². The Hall–Kier alpha value is -1.89. The lowest BCUT2D eigenvalue weighted by Crippen LogP contribution is -2.06. The van der Waals surface area contributed by atoms with Crippen molar-refractivity contribution in [1.82, 2.24) is 14.8 Å². The van der Waals surface area contributed by atoms with Gasteiger partial charge in [-0.25, -0.2) is 8.78 Å². The average Bonchev–Trinajstić information content (AvgIpc) is 2.72. The summed E-state index contributed by atoms with van der Waals surface area (Å²) in [6, 6.07) is 1.65. The molecule has 0 unspecified atom stereocenters. The number of pyridine rings is 1. The summed E-state index contributed by atoms with van der Waals surface area (Å²) in [5, 5.41) is 6.73. The van der Waals surface area contributed by atoms with Gasteiger partial charge in [0.1, 0.15) is 11.6 Å². The topological polar surface area (TPSA) is 42.7 Å². The maximum atomic E-state index is 13.3. The van der Waals surface area contributed by atoms with Crippen molar-refractivity contribution in [3.63, 3.8) is 0 Å². The minimum absolute atomic E-state index is 0.000699. The first-order valence-corrected chi connectivity index (χ1v) is 5.19. The molecule has 7 heteroatoms. The molecule has 0 fully saturated rings. The van der Waals surface area contributed by atoms with Crippen LogP contribution in [0.4, 0.5) is 14.6 Å². The molecule has 17 heavy (non-hydrogen) atoms. The molecule has 0 aliphatic carbocycles. The van der Waals surface area contributed by atoms with E-state index in [4.69, 9.17) is 0 Å². The van der Waals surface area contributed by atoms with E-state index < -0.39 is 11.6 Å². The van der Waals surface area contributed by atoms with Gasteiger partial charge in [0.2, 0.25) is 0 Å². The molecule has 2 aromatic heterocycles. The van der Waals surface area contributed by atoms with E-state index in [1.54, 1.807) is 12.3 Å². The second kappa shape index (κ2) is 4.96. The van der Waals surface area contributed by atoms with Crippen LogP contribution in [0.3, 0.4) is 0 Å². The molecule has 88 valence electrons. The molecule has 0 amide bonds. The van der Waals surface area contributed by atoms with E-state index in [0.29, 0.717) is 5.82 Å². The van der Waals surface area contributed by atoms with Gasteiger partial charge in [0, 0.05) is 17.8 Å². The number of rotatable bonds is 4. The number of anilines is 1. The Bertz CT molecular complexity index is 521. The highest BCUT2D eigenvalue weighted by molar-refractivity contribution is 7.79. The smallest absolute Gasteiger partial charge is 0.152 e. The minimum atomic E-state index is -0.690. The van der Waals surface area contributed by atoms with Gasteiger partial charge in [0.05, 0.1) is 24.4 Å². The zero-order chi connectivity index (χ0) is 12.3. The molecule has 0 saturated heterocycles. The van der Waals surface area contributed by atoms with E-state index in [2.05, 4.69) is 27.6 Å². The summed E-state index contributed by atoms with van der Waals surface area (Å²) in [7, 11) is 0. The molecule has 2 heterocycles. The van der Waals surface area contributed by atoms with Crippen LogP contribution in [0.15, 0.2) is 24.7 Å². The molecule has 0 spiro atoms. The van der Waals surface area contributed by atoms with Gasteiger partial charge in [-0.3, -0.25) is 9.67 Å². The summed E-state index contributed by atoms with van der Waals surface area (Å²) < 4.78 is 28.0. The Morgan fingerprint density at radius 1 is 1.35 bits per heavy atom. The number of nitrogens with one attached hydrogen (secondary N) is 1. The van der Waals surface area contributed by atoms with Crippen LogP contribution in [0.5, 0.6) is 0 Å². The van der Waals surface area contributed by atoms with Gasteiger partial charge >= 0.3 is 0 Å². The van der Waals surface area contributed by atoms with Gasteiger partial charge in [-0.15, -0.1) is 0 Å². The second-order valence-corrected chi connectivity index (χ2v) is 3.48. The van der Waals surface area contributed by atoms with Crippen molar-refractivity contribution in [2.75, 3.05) is 5.32 Å². The highest BCUT2D eigenvalue weighted by atomic mass is 32.1. The quantitative estimate of drug-likeness (QED) is 0.847. The van der Waals surface area contributed by atoms with E-state index in [-0.39, 0.29) is 12.1 Å². The fraction of sp³-hybridized carbons (Fsp3) is 0.100. The molecule has 0 saturated carbocycles. The Balaban J connectivity index is 2.22. The standard InChI is InChI=1S/C10H8F2N4S/c11-8-3-13-4-9(12)7(8)5-16-2-1-10(15-16)14-6-17/h1-4,6H,5H2,(H,14,15,17). The lowest BCUT2D eigenvalue weighted by atomic mass is 10.2. The molecule has 2 rings (SSSR count). The van der Waals surface area contributed by atoms with Crippen LogP contribution in [0.2, 0.25) is 0 Å². The average molecular weight is 254 g/mol. The van der Waals surface area contributed by atoms with Gasteiger partial charge in [0.15, 0.2) is 5.82 Å². The molecule has 1 N–H and O–H groups in total. The van der Waals surface area contributed by atoms with Crippen molar-refractivity contribution in [3.8, 4) is 0 Å². The zero-order valence-corrected chi connectivity index (χ0v) is 9.42. The van der Waals surface area contributed by atoms with Crippen molar-refractivity contribution < 1.29 is 8.78 Å². The summed E-state index contributed by atoms with van der Waals surface area (Å²) in [6.07, 6.45) is 3.54. The fourth-order valence-corrected chi connectivity index (χ4v) is 1.46. The van der Waals surface area contributed by atoms with Gasteiger partial charge in [0.25, 0.3) is 0 Å². The Morgan fingerprint density at radius 3 is 2.71 bits per heavy atom. The molecular formula is C10H8F2N4S. The molecule has 0 aliphatic heterocycles. The van der Waals surface area contributed by atoms with Crippen molar-refractivity contribution in [2.24, 2.45) is 0 Å². The van der Waals surface area contributed by atoms with Gasteiger partial charge in [-0.2, -0.15) is 5.10 Å². The lowest BCUT2D eigenvalue weighted by Gasteiger charge is -2.04. The van der Waals surface area contributed by atoms with Crippen molar-refractivity contribution >= 4 is 23.5 Å². The third-order valence-corrected chi connectivity index (χ3v) is 2.24. The van der Waals surface area contributed by atoms with E-state index in [1.165, 1.54) is 10.2 Å². The van der Waals surface area contributed by atoms with Crippen molar-refractivity contribution in [2.45, 2.75) is 6.54 Å². The van der Waals surface area contributed by atoms with E-state index >= 15 is 0 Å². The number of nitrogens with zero attached hydrogens (tertiary/aromatic N) is 3. The zero-order valence-electron chi connectivity index (χ0n) is 8.60.